The first-order valence-corrected chi connectivity index (χ1v) is 10.5. The summed E-state index contributed by atoms with van der Waals surface area (Å²) in [5.74, 6) is 1.59. The molecule has 156 valence electrons. The van der Waals surface area contributed by atoms with Crippen molar-refractivity contribution in [3.8, 4) is 16.9 Å². The average Bonchev–Trinajstić information content (AvgIpc) is 3.26. The lowest BCUT2D eigenvalue weighted by molar-refractivity contribution is 0.312. The van der Waals surface area contributed by atoms with E-state index < -0.39 is 0 Å². The van der Waals surface area contributed by atoms with Crippen molar-refractivity contribution in [3.63, 3.8) is 0 Å². The maximum Gasteiger partial charge on any atom is 0.420 e. The van der Waals surface area contributed by atoms with Crippen LogP contribution in [0.3, 0.4) is 0 Å². The Morgan fingerprint density at radius 3 is 2.70 bits per heavy atom. The summed E-state index contributed by atoms with van der Waals surface area (Å²) in [7, 11) is 1.64. The van der Waals surface area contributed by atoms with E-state index in [1.54, 1.807) is 17.9 Å². The predicted molar refractivity (Wildman–Crippen MR) is 114 cm³/mol. The largest absolute Gasteiger partial charge is 0.496 e. The van der Waals surface area contributed by atoms with Gasteiger partial charge in [0.05, 0.1) is 30.1 Å². The fourth-order valence-corrected chi connectivity index (χ4v) is 4.81. The van der Waals surface area contributed by atoms with Gasteiger partial charge in [-0.05, 0) is 44.7 Å². The maximum atomic E-state index is 12.7. The van der Waals surface area contributed by atoms with Crippen molar-refractivity contribution in [1.82, 2.24) is 14.7 Å². The SMILES string of the molecule is COc1cc2c(cc1-c1c(C)noc1C)ncc1oc(=O)n(CC3CCCCC3)c12. The molecular weight excluding hydrogens is 382 g/mol. The van der Waals surface area contributed by atoms with Crippen LogP contribution < -0.4 is 10.5 Å². The molecule has 1 aliphatic carbocycles. The number of rotatable bonds is 4. The van der Waals surface area contributed by atoms with Gasteiger partial charge >= 0.3 is 5.76 Å². The highest BCUT2D eigenvalue weighted by molar-refractivity contribution is 6.04. The number of aryl methyl sites for hydroxylation is 2. The van der Waals surface area contributed by atoms with Gasteiger partial charge < -0.3 is 13.7 Å². The summed E-state index contributed by atoms with van der Waals surface area (Å²) >= 11 is 0. The van der Waals surface area contributed by atoms with Gasteiger partial charge in [-0.1, -0.05) is 24.4 Å². The normalized spacial score (nSPS) is 15.3. The zero-order valence-corrected chi connectivity index (χ0v) is 17.5. The second-order valence-electron chi connectivity index (χ2n) is 8.22. The van der Waals surface area contributed by atoms with Crippen LogP contribution >= 0.6 is 0 Å². The van der Waals surface area contributed by atoms with E-state index in [9.17, 15) is 4.79 Å². The number of benzene rings is 1. The van der Waals surface area contributed by atoms with Gasteiger partial charge in [0, 0.05) is 17.5 Å². The van der Waals surface area contributed by atoms with Gasteiger partial charge in [0.1, 0.15) is 17.0 Å². The molecule has 0 saturated heterocycles. The second kappa shape index (κ2) is 7.31. The van der Waals surface area contributed by atoms with E-state index in [2.05, 4.69) is 10.1 Å². The Morgan fingerprint density at radius 2 is 2.00 bits per heavy atom. The molecule has 5 rings (SSSR count). The number of pyridine rings is 1. The Kier molecular flexibility index (Phi) is 4.60. The molecule has 4 aromatic rings. The van der Waals surface area contributed by atoms with Crippen LogP contribution in [0.2, 0.25) is 0 Å². The van der Waals surface area contributed by atoms with Gasteiger partial charge in [-0.25, -0.2) is 4.79 Å². The van der Waals surface area contributed by atoms with Crippen molar-refractivity contribution in [2.75, 3.05) is 7.11 Å². The summed E-state index contributed by atoms with van der Waals surface area (Å²) in [6.07, 6.45) is 7.69. The number of aromatic nitrogens is 3. The van der Waals surface area contributed by atoms with Gasteiger partial charge in [0.2, 0.25) is 0 Å². The van der Waals surface area contributed by atoms with Gasteiger partial charge in [-0.3, -0.25) is 9.55 Å². The maximum absolute atomic E-state index is 12.7. The Hall–Kier alpha value is -3.09. The first-order valence-electron chi connectivity index (χ1n) is 10.5. The van der Waals surface area contributed by atoms with Crippen LogP contribution in [0.5, 0.6) is 5.75 Å². The molecule has 0 N–H and O–H groups in total. The van der Waals surface area contributed by atoms with Gasteiger partial charge in [0.15, 0.2) is 5.58 Å². The highest BCUT2D eigenvalue weighted by atomic mass is 16.5. The third-order valence-corrected chi connectivity index (χ3v) is 6.28. The summed E-state index contributed by atoms with van der Waals surface area (Å²) < 4.78 is 18.4. The molecule has 1 aliphatic rings. The molecule has 7 heteroatoms. The lowest BCUT2D eigenvalue weighted by Crippen LogP contribution is -2.21. The number of fused-ring (bicyclic) bond motifs is 3. The lowest BCUT2D eigenvalue weighted by atomic mass is 9.89. The number of hydrogen-bond acceptors (Lipinski definition) is 6. The number of oxazole rings is 1. The summed E-state index contributed by atoms with van der Waals surface area (Å²) in [5.41, 5.74) is 4.65. The quantitative estimate of drug-likeness (QED) is 0.473. The zero-order valence-electron chi connectivity index (χ0n) is 17.5. The van der Waals surface area contributed by atoms with Crippen LogP contribution in [-0.4, -0.2) is 21.8 Å². The number of ether oxygens (including phenoxy) is 1. The molecule has 0 spiro atoms. The molecule has 0 aliphatic heterocycles. The molecule has 0 unspecified atom stereocenters. The molecule has 0 amide bonds. The van der Waals surface area contributed by atoms with Gasteiger partial charge in [0.25, 0.3) is 0 Å². The van der Waals surface area contributed by atoms with Crippen molar-refractivity contribution in [2.24, 2.45) is 5.92 Å². The van der Waals surface area contributed by atoms with Gasteiger partial charge in [-0.15, -0.1) is 0 Å². The molecule has 30 heavy (non-hydrogen) atoms. The Balaban J connectivity index is 1.72. The number of nitrogens with zero attached hydrogens (tertiary/aromatic N) is 3. The summed E-state index contributed by atoms with van der Waals surface area (Å²) in [4.78, 5) is 17.2. The third-order valence-electron chi connectivity index (χ3n) is 6.28. The van der Waals surface area contributed by atoms with Crippen molar-refractivity contribution < 1.29 is 13.7 Å². The van der Waals surface area contributed by atoms with Gasteiger partial charge in [-0.2, -0.15) is 0 Å². The van der Waals surface area contributed by atoms with Crippen LogP contribution in [0.25, 0.3) is 33.1 Å². The summed E-state index contributed by atoms with van der Waals surface area (Å²) in [6.45, 7) is 4.47. The van der Waals surface area contributed by atoms with Crippen molar-refractivity contribution >= 4 is 22.0 Å². The predicted octanol–water partition coefficient (Wildman–Crippen LogP) is 5.00. The van der Waals surface area contributed by atoms with E-state index in [4.69, 9.17) is 13.7 Å². The Labute approximate surface area is 173 Å². The topological polar surface area (TPSA) is 83.3 Å². The fourth-order valence-electron chi connectivity index (χ4n) is 4.81. The third kappa shape index (κ3) is 3.00. The fraction of sp³-hybridized carbons (Fsp3) is 0.435. The van der Waals surface area contributed by atoms with Crippen LogP contribution in [0, 0.1) is 19.8 Å². The van der Waals surface area contributed by atoms with Crippen molar-refractivity contribution in [1.29, 1.82) is 0 Å². The van der Waals surface area contributed by atoms with Crippen LogP contribution in [-0.2, 0) is 6.54 Å². The smallest absolute Gasteiger partial charge is 0.420 e. The van der Waals surface area contributed by atoms with E-state index in [0.29, 0.717) is 23.8 Å². The average molecular weight is 407 g/mol. The first kappa shape index (κ1) is 18.9. The van der Waals surface area contributed by atoms with E-state index >= 15 is 0 Å². The molecule has 0 bridgehead atoms. The van der Waals surface area contributed by atoms with E-state index in [-0.39, 0.29) is 5.76 Å². The van der Waals surface area contributed by atoms with Crippen molar-refractivity contribution in [3.05, 3.63) is 40.3 Å². The monoisotopic (exact) mass is 407 g/mol. The van der Waals surface area contributed by atoms with Crippen LogP contribution in [0.4, 0.5) is 0 Å². The van der Waals surface area contributed by atoms with Crippen molar-refractivity contribution in [2.45, 2.75) is 52.5 Å². The first-order chi connectivity index (χ1) is 14.6. The molecule has 3 aromatic heterocycles. The molecule has 1 fully saturated rings. The highest BCUT2D eigenvalue weighted by Crippen LogP contribution is 2.39. The van der Waals surface area contributed by atoms with Crippen LogP contribution in [0.1, 0.15) is 43.6 Å². The standard InChI is InChI=1S/C23H25N3O4/c1-13-21(14(2)30-25-13)17-9-18-16(10-19(17)28-3)22-20(11-24-18)29-23(27)26(22)12-15-7-5-4-6-8-15/h9-11,15H,4-8,12H2,1-3H3. The minimum absolute atomic E-state index is 0.321. The minimum Gasteiger partial charge on any atom is -0.496 e. The molecule has 1 aromatic carbocycles. The zero-order chi connectivity index (χ0) is 20.8. The van der Waals surface area contributed by atoms with E-state index in [0.717, 1.165) is 51.8 Å². The molecule has 0 atom stereocenters. The molecular formula is C23H25N3O4. The van der Waals surface area contributed by atoms with E-state index in [1.807, 2.05) is 26.0 Å². The number of hydrogen-bond donors (Lipinski definition) is 0. The molecule has 1 saturated carbocycles. The molecule has 0 radical (unpaired) electrons. The Morgan fingerprint density at radius 1 is 1.20 bits per heavy atom. The summed E-state index contributed by atoms with van der Waals surface area (Å²) in [6, 6.07) is 3.92. The minimum atomic E-state index is -0.321. The van der Waals surface area contributed by atoms with Crippen LogP contribution in [0.15, 0.2) is 32.1 Å². The van der Waals surface area contributed by atoms with E-state index in [1.165, 1.54) is 19.3 Å². The molecule has 3 heterocycles. The molecule has 7 nitrogen and oxygen atoms in total. The Bertz CT molecular complexity index is 1270. The number of methoxy groups -OCH3 is 1. The lowest BCUT2D eigenvalue weighted by Gasteiger charge is -2.21. The highest BCUT2D eigenvalue weighted by Gasteiger charge is 2.22. The summed E-state index contributed by atoms with van der Waals surface area (Å²) in [5, 5.41) is 4.92. The second-order valence-corrected chi connectivity index (χ2v) is 8.22.